The smallest absolute Gasteiger partial charge is 0.408 e. The molecule has 1 aromatic rings. The lowest BCUT2D eigenvalue weighted by Crippen LogP contribution is -2.44. The van der Waals surface area contributed by atoms with Crippen molar-refractivity contribution in [1.82, 2.24) is 5.32 Å². The molecule has 1 aliphatic rings. The van der Waals surface area contributed by atoms with E-state index in [-0.39, 0.29) is 31.2 Å². The van der Waals surface area contributed by atoms with Crippen LogP contribution >= 0.6 is 0 Å². The van der Waals surface area contributed by atoms with E-state index < -0.39 is 34.6 Å². The third kappa shape index (κ3) is 8.91. The summed E-state index contributed by atoms with van der Waals surface area (Å²) in [6, 6.07) is 4.44. The monoisotopic (exact) mass is 450 g/mol. The highest BCUT2D eigenvalue weighted by Crippen LogP contribution is 2.21. The molecule has 1 amide bonds. The third-order valence-corrected chi connectivity index (χ3v) is 4.74. The standard InChI is InChI=1S/C22H30N2O8/c1-22(2,3)32-21(27)23-18(12-13-19(25)31-17-6-4-5-7-17)20(26)30-14-15-8-10-16(11-9-15)24(28)29/h8-11,17-18H,4-7,12-14H2,1-3H3,(H,23,27)/t18-/m1/s1. The predicted molar refractivity (Wildman–Crippen MR) is 114 cm³/mol. The molecular weight excluding hydrogens is 420 g/mol. The number of ether oxygens (including phenoxy) is 3. The largest absolute Gasteiger partial charge is 0.462 e. The number of nitro groups is 1. The molecule has 1 aliphatic carbocycles. The van der Waals surface area contributed by atoms with Gasteiger partial charge in [0.2, 0.25) is 0 Å². The number of rotatable bonds is 9. The molecule has 0 spiro atoms. The molecule has 0 aromatic heterocycles. The van der Waals surface area contributed by atoms with Gasteiger partial charge in [0.05, 0.1) is 4.92 Å². The second kappa shape index (κ2) is 11.4. The number of hydrogen-bond donors (Lipinski definition) is 1. The summed E-state index contributed by atoms with van der Waals surface area (Å²) in [5, 5.41) is 13.2. The molecule has 1 fully saturated rings. The van der Waals surface area contributed by atoms with Crippen LogP contribution in [0.5, 0.6) is 0 Å². The Labute approximate surface area is 186 Å². The van der Waals surface area contributed by atoms with E-state index in [2.05, 4.69) is 5.32 Å². The van der Waals surface area contributed by atoms with Crippen molar-refractivity contribution in [2.75, 3.05) is 0 Å². The topological polar surface area (TPSA) is 134 Å². The van der Waals surface area contributed by atoms with Gasteiger partial charge in [0.25, 0.3) is 5.69 Å². The van der Waals surface area contributed by atoms with E-state index in [1.165, 1.54) is 24.3 Å². The lowest BCUT2D eigenvalue weighted by atomic mass is 10.1. The Bertz CT molecular complexity index is 810. The average molecular weight is 450 g/mol. The molecular formula is C22H30N2O8. The van der Waals surface area contributed by atoms with Gasteiger partial charge in [0.1, 0.15) is 24.4 Å². The zero-order valence-electron chi connectivity index (χ0n) is 18.6. The van der Waals surface area contributed by atoms with Gasteiger partial charge in [-0.15, -0.1) is 0 Å². The fourth-order valence-corrected chi connectivity index (χ4v) is 3.18. The number of nitrogens with zero attached hydrogens (tertiary/aromatic N) is 1. The number of benzene rings is 1. The quantitative estimate of drug-likeness (QED) is 0.260. The number of alkyl carbamates (subject to hydrolysis) is 1. The Kier molecular flexibility index (Phi) is 8.98. The summed E-state index contributed by atoms with van der Waals surface area (Å²) >= 11 is 0. The first kappa shape index (κ1) is 25.1. The molecule has 0 heterocycles. The maximum atomic E-state index is 12.6. The average Bonchev–Trinajstić information content (AvgIpc) is 3.21. The fraction of sp³-hybridized carbons (Fsp3) is 0.591. The van der Waals surface area contributed by atoms with Gasteiger partial charge < -0.3 is 19.5 Å². The van der Waals surface area contributed by atoms with Gasteiger partial charge in [-0.3, -0.25) is 14.9 Å². The summed E-state index contributed by atoms with van der Waals surface area (Å²) in [6.07, 6.45) is 2.75. The van der Waals surface area contributed by atoms with Crippen molar-refractivity contribution in [3.63, 3.8) is 0 Å². The Morgan fingerprint density at radius 1 is 1.16 bits per heavy atom. The van der Waals surface area contributed by atoms with Gasteiger partial charge in [-0.25, -0.2) is 9.59 Å². The first-order valence-electron chi connectivity index (χ1n) is 10.6. The van der Waals surface area contributed by atoms with Crippen molar-refractivity contribution in [3.05, 3.63) is 39.9 Å². The number of amides is 1. The van der Waals surface area contributed by atoms with Crippen LogP contribution in [0.3, 0.4) is 0 Å². The van der Waals surface area contributed by atoms with Crippen molar-refractivity contribution in [1.29, 1.82) is 0 Å². The fourth-order valence-electron chi connectivity index (χ4n) is 3.18. The van der Waals surface area contributed by atoms with Crippen molar-refractivity contribution in [2.45, 2.75) is 83.6 Å². The van der Waals surface area contributed by atoms with Gasteiger partial charge in [-0.1, -0.05) is 0 Å². The molecule has 1 aromatic carbocycles. The van der Waals surface area contributed by atoms with Gasteiger partial charge >= 0.3 is 18.0 Å². The van der Waals surface area contributed by atoms with Gasteiger partial charge in [0.15, 0.2) is 0 Å². The number of nitrogens with one attached hydrogen (secondary N) is 1. The number of nitro benzene ring substituents is 1. The van der Waals surface area contributed by atoms with Crippen molar-refractivity contribution < 1.29 is 33.5 Å². The zero-order chi connectivity index (χ0) is 23.7. The first-order valence-corrected chi connectivity index (χ1v) is 10.6. The molecule has 0 radical (unpaired) electrons. The van der Waals surface area contributed by atoms with Crippen molar-refractivity contribution in [2.24, 2.45) is 0 Å². The molecule has 0 aliphatic heterocycles. The van der Waals surface area contributed by atoms with Gasteiger partial charge in [0, 0.05) is 18.6 Å². The summed E-state index contributed by atoms with van der Waals surface area (Å²) in [7, 11) is 0. The molecule has 176 valence electrons. The van der Waals surface area contributed by atoms with Crippen LogP contribution in [0.4, 0.5) is 10.5 Å². The Morgan fingerprint density at radius 3 is 2.34 bits per heavy atom. The van der Waals surface area contributed by atoms with Crippen molar-refractivity contribution >= 4 is 23.7 Å². The highest BCUT2D eigenvalue weighted by Gasteiger charge is 2.27. The number of esters is 2. The SMILES string of the molecule is CC(C)(C)OC(=O)N[C@H](CCC(=O)OC1CCCC1)C(=O)OCc1ccc([N+](=O)[O-])cc1. The minimum atomic E-state index is -1.11. The molecule has 1 atom stereocenters. The van der Waals surface area contributed by atoms with Crippen LogP contribution in [-0.2, 0) is 30.4 Å². The Hall–Kier alpha value is -3.17. The Morgan fingerprint density at radius 2 is 1.78 bits per heavy atom. The molecule has 10 nitrogen and oxygen atoms in total. The minimum absolute atomic E-state index is 0.0100. The Balaban J connectivity index is 1.94. The summed E-state index contributed by atoms with van der Waals surface area (Å²) in [5.74, 6) is -1.18. The van der Waals surface area contributed by atoms with Gasteiger partial charge in [-0.05, 0) is 70.6 Å². The lowest BCUT2D eigenvalue weighted by Gasteiger charge is -2.23. The summed E-state index contributed by atoms with van der Waals surface area (Å²) in [4.78, 5) is 47.1. The van der Waals surface area contributed by atoms with E-state index in [0.717, 1.165) is 25.7 Å². The minimum Gasteiger partial charge on any atom is -0.462 e. The molecule has 1 saturated carbocycles. The molecule has 32 heavy (non-hydrogen) atoms. The van der Waals surface area contributed by atoms with E-state index in [9.17, 15) is 24.5 Å². The van der Waals surface area contributed by atoms with Gasteiger partial charge in [-0.2, -0.15) is 0 Å². The van der Waals surface area contributed by atoms with Crippen molar-refractivity contribution in [3.8, 4) is 0 Å². The van der Waals surface area contributed by atoms with Crippen LogP contribution in [0, 0.1) is 10.1 Å². The van der Waals surface area contributed by atoms with Crippen LogP contribution in [0.15, 0.2) is 24.3 Å². The normalized spacial score (nSPS) is 15.0. The molecule has 0 saturated heterocycles. The zero-order valence-corrected chi connectivity index (χ0v) is 18.6. The third-order valence-electron chi connectivity index (χ3n) is 4.74. The van der Waals surface area contributed by atoms with Crippen LogP contribution < -0.4 is 5.32 Å². The number of carbonyl (C=O) groups is 3. The maximum absolute atomic E-state index is 12.6. The lowest BCUT2D eigenvalue weighted by molar-refractivity contribution is -0.384. The highest BCUT2D eigenvalue weighted by atomic mass is 16.6. The first-order chi connectivity index (χ1) is 15.0. The van der Waals surface area contributed by atoms with Crippen LogP contribution in [-0.4, -0.2) is 40.7 Å². The van der Waals surface area contributed by atoms with E-state index in [0.29, 0.717) is 5.56 Å². The maximum Gasteiger partial charge on any atom is 0.408 e. The van der Waals surface area contributed by atoms with E-state index in [4.69, 9.17) is 14.2 Å². The second-order valence-electron chi connectivity index (χ2n) is 8.67. The highest BCUT2D eigenvalue weighted by molar-refractivity contribution is 5.82. The second-order valence-corrected chi connectivity index (χ2v) is 8.67. The van der Waals surface area contributed by atoms with Crippen LogP contribution in [0.2, 0.25) is 0 Å². The molecule has 0 unspecified atom stereocenters. The van der Waals surface area contributed by atoms with E-state index in [1.54, 1.807) is 20.8 Å². The molecule has 1 N–H and O–H groups in total. The number of non-ortho nitro benzene ring substituents is 1. The molecule has 0 bridgehead atoms. The van der Waals surface area contributed by atoms with E-state index >= 15 is 0 Å². The summed E-state index contributed by atoms with van der Waals surface area (Å²) < 4.78 is 15.8. The number of carbonyl (C=O) groups excluding carboxylic acids is 3. The number of hydrogen-bond acceptors (Lipinski definition) is 8. The predicted octanol–water partition coefficient (Wildman–Crippen LogP) is 3.80. The summed E-state index contributed by atoms with van der Waals surface area (Å²) in [6.45, 7) is 4.92. The molecule has 2 rings (SSSR count). The molecule has 10 heteroatoms. The van der Waals surface area contributed by atoms with E-state index in [1.807, 2.05) is 0 Å². The van der Waals surface area contributed by atoms with Crippen LogP contribution in [0.1, 0.15) is 64.9 Å². The van der Waals surface area contributed by atoms with Crippen LogP contribution in [0.25, 0.3) is 0 Å². The summed E-state index contributed by atoms with van der Waals surface area (Å²) in [5.41, 5.74) is -0.301.